The number of nitrogens with zero attached hydrogens (tertiary/aromatic N) is 2. The highest BCUT2D eigenvalue weighted by Crippen LogP contribution is 2.37. The van der Waals surface area contributed by atoms with Gasteiger partial charge in [0.25, 0.3) is 0 Å². The van der Waals surface area contributed by atoms with E-state index in [1.54, 1.807) is 0 Å². The summed E-state index contributed by atoms with van der Waals surface area (Å²) in [6.07, 6.45) is 0. The van der Waals surface area contributed by atoms with Crippen LogP contribution in [0.1, 0.15) is 27.7 Å². The SMILES string of the molecule is Cn1nc2c(F)ccc(B3OC(C)(C)C(C)(C)O3)c2c1F. The molecule has 1 aliphatic heterocycles. The van der Waals surface area contributed by atoms with Gasteiger partial charge >= 0.3 is 7.12 Å². The second kappa shape index (κ2) is 4.27. The Bertz CT molecular complexity index is 711. The van der Waals surface area contributed by atoms with Crippen LogP contribution in [0.2, 0.25) is 0 Å². The van der Waals surface area contributed by atoms with E-state index in [0.29, 0.717) is 5.46 Å². The van der Waals surface area contributed by atoms with Crippen molar-refractivity contribution < 1.29 is 18.1 Å². The van der Waals surface area contributed by atoms with Gasteiger partial charge in [-0.05, 0) is 39.2 Å². The molecule has 0 radical (unpaired) electrons. The minimum absolute atomic E-state index is 0.0118. The summed E-state index contributed by atoms with van der Waals surface area (Å²) in [5.41, 5.74) is -0.647. The van der Waals surface area contributed by atoms with Crippen molar-refractivity contribution in [2.75, 3.05) is 0 Å². The Kier molecular flexibility index (Phi) is 2.94. The molecule has 1 saturated heterocycles. The zero-order valence-electron chi connectivity index (χ0n) is 12.7. The van der Waals surface area contributed by atoms with Gasteiger partial charge in [0.05, 0.1) is 16.6 Å². The lowest BCUT2D eigenvalue weighted by Crippen LogP contribution is -2.41. The van der Waals surface area contributed by atoms with E-state index in [1.807, 2.05) is 27.7 Å². The molecule has 112 valence electrons. The monoisotopic (exact) mass is 294 g/mol. The van der Waals surface area contributed by atoms with Gasteiger partial charge < -0.3 is 9.31 Å². The first-order chi connectivity index (χ1) is 9.64. The zero-order valence-corrected chi connectivity index (χ0v) is 12.7. The summed E-state index contributed by atoms with van der Waals surface area (Å²) >= 11 is 0. The second-order valence-corrected chi connectivity index (χ2v) is 6.36. The highest BCUT2D eigenvalue weighted by atomic mass is 19.1. The minimum Gasteiger partial charge on any atom is -0.399 e. The summed E-state index contributed by atoms with van der Waals surface area (Å²) in [6, 6.07) is 2.75. The number of fused-ring (bicyclic) bond motifs is 1. The van der Waals surface area contributed by atoms with Gasteiger partial charge in [0, 0.05) is 7.05 Å². The molecule has 1 aromatic carbocycles. The molecule has 1 aromatic heterocycles. The van der Waals surface area contributed by atoms with E-state index in [0.717, 1.165) is 4.68 Å². The summed E-state index contributed by atoms with van der Waals surface area (Å²) in [7, 11) is 0.680. The van der Waals surface area contributed by atoms with Gasteiger partial charge in [0.15, 0.2) is 5.82 Å². The number of aryl methyl sites for hydroxylation is 1. The maximum absolute atomic E-state index is 14.3. The van der Waals surface area contributed by atoms with Gasteiger partial charge in [-0.25, -0.2) is 9.07 Å². The predicted octanol–water partition coefficient (Wildman–Crippen LogP) is 2.15. The van der Waals surface area contributed by atoms with Crippen molar-refractivity contribution in [2.24, 2.45) is 7.05 Å². The van der Waals surface area contributed by atoms with Crippen molar-refractivity contribution in [3.8, 4) is 0 Å². The molecule has 0 atom stereocenters. The molecule has 7 heteroatoms. The van der Waals surface area contributed by atoms with Crippen LogP contribution >= 0.6 is 0 Å². The Labute approximate surface area is 122 Å². The predicted molar refractivity (Wildman–Crippen MR) is 76.3 cm³/mol. The van der Waals surface area contributed by atoms with Gasteiger partial charge in [0.1, 0.15) is 5.52 Å². The second-order valence-electron chi connectivity index (χ2n) is 6.36. The molecule has 4 nitrogen and oxygen atoms in total. The molecule has 2 aromatic rings. The maximum atomic E-state index is 14.3. The van der Waals surface area contributed by atoms with E-state index in [4.69, 9.17) is 9.31 Å². The first-order valence-electron chi connectivity index (χ1n) is 6.80. The average molecular weight is 294 g/mol. The summed E-state index contributed by atoms with van der Waals surface area (Å²) in [6.45, 7) is 7.64. The molecule has 0 amide bonds. The van der Waals surface area contributed by atoms with Crippen molar-refractivity contribution in [1.29, 1.82) is 0 Å². The molecule has 1 fully saturated rings. The van der Waals surface area contributed by atoms with E-state index >= 15 is 0 Å². The third-order valence-electron chi connectivity index (χ3n) is 4.41. The molecule has 0 saturated carbocycles. The first kappa shape index (κ1) is 14.5. The largest absolute Gasteiger partial charge is 0.495 e. The normalized spacial score (nSPS) is 20.4. The quantitative estimate of drug-likeness (QED) is 0.756. The third kappa shape index (κ3) is 1.98. The molecule has 1 aliphatic rings. The Morgan fingerprint density at radius 2 is 1.67 bits per heavy atom. The number of rotatable bonds is 1. The van der Waals surface area contributed by atoms with Crippen molar-refractivity contribution in [3.05, 3.63) is 23.9 Å². The lowest BCUT2D eigenvalue weighted by atomic mass is 9.77. The van der Waals surface area contributed by atoms with Crippen LogP contribution < -0.4 is 5.46 Å². The Morgan fingerprint density at radius 3 is 2.24 bits per heavy atom. The number of hydrogen-bond acceptors (Lipinski definition) is 3. The first-order valence-corrected chi connectivity index (χ1v) is 6.80. The van der Waals surface area contributed by atoms with Crippen LogP contribution in [0.4, 0.5) is 8.78 Å². The van der Waals surface area contributed by atoms with Gasteiger partial charge in [-0.2, -0.15) is 9.49 Å². The number of benzene rings is 1. The Morgan fingerprint density at radius 1 is 1.10 bits per heavy atom. The summed E-state index contributed by atoms with van der Waals surface area (Å²) < 4.78 is 40.9. The molecule has 0 N–H and O–H groups in total. The molecule has 0 aliphatic carbocycles. The fourth-order valence-corrected chi connectivity index (χ4v) is 2.42. The van der Waals surface area contributed by atoms with Gasteiger partial charge in [-0.15, -0.1) is 0 Å². The number of aromatic nitrogens is 2. The van der Waals surface area contributed by atoms with Crippen LogP contribution in [0, 0.1) is 11.8 Å². The number of hydrogen-bond donors (Lipinski definition) is 0. The van der Waals surface area contributed by atoms with E-state index in [2.05, 4.69) is 5.10 Å². The van der Waals surface area contributed by atoms with Crippen LogP contribution in [0.25, 0.3) is 10.9 Å². The van der Waals surface area contributed by atoms with Crippen LogP contribution in [0.5, 0.6) is 0 Å². The minimum atomic E-state index is -0.753. The average Bonchev–Trinajstić information content (AvgIpc) is 2.77. The van der Waals surface area contributed by atoms with Crippen LogP contribution in [0.3, 0.4) is 0 Å². The molecule has 21 heavy (non-hydrogen) atoms. The maximum Gasteiger partial charge on any atom is 0.495 e. The van der Waals surface area contributed by atoms with E-state index in [9.17, 15) is 8.78 Å². The number of halogens is 2. The van der Waals surface area contributed by atoms with Gasteiger partial charge in [0.2, 0.25) is 5.95 Å². The molecule has 2 heterocycles. The van der Waals surface area contributed by atoms with E-state index < -0.39 is 30.1 Å². The van der Waals surface area contributed by atoms with Crippen molar-refractivity contribution in [2.45, 2.75) is 38.9 Å². The molecule has 0 spiro atoms. The lowest BCUT2D eigenvalue weighted by molar-refractivity contribution is 0.00578. The highest BCUT2D eigenvalue weighted by molar-refractivity contribution is 6.65. The summed E-state index contributed by atoms with van der Waals surface area (Å²) in [4.78, 5) is 0. The van der Waals surface area contributed by atoms with Crippen LogP contribution in [-0.2, 0) is 16.4 Å². The van der Waals surface area contributed by atoms with E-state index in [-0.39, 0.29) is 10.9 Å². The standard InChI is InChI=1S/C14H17BF2N2O2/c1-13(2)14(3,4)21-15(20-13)8-6-7-9(16)11-10(8)12(17)19(5)18-11/h6-7H,1-5H3. The van der Waals surface area contributed by atoms with Crippen LogP contribution in [-0.4, -0.2) is 28.1 Å². The fourth-order valence-electron chi connectivity index (χ4n) is 2.42. The molecular formula is C14H17BF2N2O2. The smallest absolute Gasteiger partial charge is 0.399 e. The Hall–Kier alpha value is -1.47. The fraction of sp³-hybridized carbons (Fsp3) is 0.500. The van der Waals surface area contributed by atoms with Crippen molar-refractivity contribution >= 4 is 23.5 Å². The van der Waals surface area contributed by atoms with E-state index in [1.165, 1.54) is 19.2 Å². The molecule has 0 bridgehead atoms. The highest BCUT2D eigenvalue weighted by Gasteiger charge is 2.52. The lowest BCUT2D eigenvalue weighted by Gasteiger charge is -2.32. The molecule has 3 rings (SSSR count). The Balaban J connectivity index is 2.17. The third-order valence-corrected chi connectivity index (χ3v) is 4.41. The summed E-state index contributed by atoms with van der Waals surface area (Å²) in [5, 5.41) is 3.98. The molecular weight excluding hydrogens is 277 g/mol. The van der Waals surface area contributed by atoms with Crippen molar-refractivity contribution in [3.63, 3.8) is 0 Å². The van der Waals surface area contributed by atoms with Crippen molar-refractivity contribution in [1.82, 2.24) is 9.78 Å². The topological polar surface area (TPSA) is 36.3 Å². The zero-order chi connectivity index (χ0) is 15.6. The van der Waals surface area contributed by atoms with Gasteiger partial charge in [-0.1, -0.05) is 6.07 Å². The summed E-state index contributed by atoms with van der Waals surface area (Å²) in [5.74, 6) is -1.17. The van der Waals surface area contributed by atoms with Crippen LogP contribution in [0.15, 0.2) is 12.1 Å². The molecule has 0 unspecified atom stereocenters. The van der Waals surface area contributed by atoms with Gasteiger partial charge in [-0.3, -0.25) is 0 Å².